The molecule has 1 saturated carbocycles. The van der Waals surface area contributed by atoms with Gasteiger partial charge in [0.2, 0.25) is 0 Å². The Morgan fingerprint density at radius 2 is 1.83 bits per heavy atom. The lowest BCUT2D eigenvalue weighted by atomic mass is 9.91. The van der Waals surface area contributed by atoms with Gasteiger partial charge in [0.05, 0.1) is 7.11 Å². The molecular weight excluding hydrogens is 312 g/mol. The highest BCUT2D eigenvalue weighted by molar-refractivity contribution is 7.99. The summed E-state index contributed by atoms with van der Waals surface area (Å²) in [5.74, 6) is 3.92. The van der Waals surface area contributed by atoms with E-state index < -0.39 is 0 Å². The SMILES string of the molecule is COc1ccc(OCc2nnc(SCC3CCCCC3)o2)cc1. The smallest absolute Gasteiger partial charge is 0.276 e. The minimum Gasteiger partial charge on any atom is -0.497 e. The second kappa shape index (κ2) is 8.24. The van der Waals surface area contributed by atoms with Gasteiger partial charge in [-0.05, 0) is 43.0 Å². The third-order valence-electron chi connectivity index (χ3n) is 4.04. The summed E-state index contributed by atoms with van der Waals surface area (Å²) in [4.78, 5) is 0. The van der Waals surface area contributed by atoms with E-state index in [0.717, 1.165) is 23.2 Å². The Balaban J connectivity index is 1.44. The molecule has 0 saturated heterocycles. The fourth-order valence-electron chi connectivity index (χ4n) is 2.71. The first kappa shape index (κ1) is 16.2. The molecule has 0 bridgehead atoms. The number of hydrogen-bond donors (Lipinski definition) is 0. The van der Waals surface area contributed by atoms with E-state index >= 15 is 0 Å². The Morgan fingerprint density at radius 1 is 1.09 bits per heavy atom. The van der Waals surface area contributed by atoms with Crippen molar-refractivity contribution in [2.45, 2.75) is 43.9 Å². The maximum atomic E-state index is 5.64. The summed E-state index contributed by atoms with van der Waals surface area (Å²) >= 11 is 1.66. The van der Waals surface area contributed by atoms with Crippen LogP contribution in [0.25, 0.3) is 0 Å². The van der Waals surface area contributed by atoms with Crippen LogP contribution in [0.15, 0.2) is 33.9 Å². The first-order chi connectivity index (χ1) is 11.3. The van der Waals surface area contributed by atoms with Crippen LogP contribution in [-0.4, -0.2) is 23.1 Å². The van der Waals surface area contributed by atoms with Crippen molar-refractivity contribution in [2.24, 2.45) is 5.92 Å². The van der Waals surface area contributed by atoms with E-state index in [-0.39, 0.29) is 6.61 Å². The molecule has 0 aliphatic heterocycles. The number of nitrogens with zero attached hydrogens (tertiary/aromatic N) is 2. The van der Waals surface area contributed by atoms with Gasteiger partial charge in [-0.3, -0.25) is 0 Å². The van der Waals surface area contributed by atoms with Crippen molar-refractivity contribution in [3.8, 4) is 11.5 Å². The summed E-state index contributed by atoms with van der Waals surface area (Å²) in [5, 5.41) is 8.77. The summed E-state index contributed by atoms with van der Waals surface area (Å²) in [6, 6.07) is 7.42. The third kappa shape index (κ3) is 4.89. The fraction of sp³-hybridized carbons (Fsp3) is 0.529. The van der Waals surface area contributed by atoms with Crippen molar-refractivity contribution in [2.75, 3.05) is 12.9 Å². The van der Waals surface area contributed by atoms with Crippen LogP contribution >= 0.6 is 11.8 Å². The van der Waals surface area contributed by atoms with Crippen molar-refractivity contribution < 1.29 is 13.9 Å². The Kier molecular flexibility index (Phi) is 5.80. The van der Waals surface area contributed by atoms with Crippen LogP contribution in [0, 0.1) is 5.92 Å². The molecule has 1 aliphatic rings. The first-order valence-corrected chi connectivity index (χ1v) is 9.04. The summed E-state index contributed by atoms with van der Waals surface area (Å²) < 4.78 is 16.4. The molecule has 1 aromatic heterocycles. The summed E-state index contributed by atoms with van der Waals surface area (Å²) in [7, 11) is 1.64. The average Bonchev–Trinajstić information content (AvgIpc) is 3.07. The van der Waals surface area contributed by atoms with Gasteiger partial charge < -0.3 is 13.9 Å². The Bertz CT molecular complexity index is 594. The van der Waals surface area contributed by atoms with E-state index in [4.69, 9.17) is 13.9 Å². The summed E-state index contributed by atoms with van der Waals surface area (Å²) in [5.41, 5.74) is 0. The number of hydrogen-bond acceptors (Lipinski definition) is 6. The van der Waals surface area contributed by atoms with Gasteiger partial charge in [-0.1, -0.05) is 31.0 Å². The van der Waals surface area contributed by atoms with E-state index in [0.29, 0.717) is 11.1 Å². The van der Waals surface area contributed by atoms with E-state index in [1.165, 1.54) is 32.1 Å². The average molecular weight is 334 g/mol. The lowest BCUT2D eigenvalue weighted by Crippen LogP contribution is -2.08. The van der Waals surface area contributed by atoms with Gasteiger partial charge in [-0.25, -0.2) is 0 Å². The van der Waals surface area contributed by atoms with Gasteiger partial charge in [0, 0.05) is 5.75 Å². The number of benzene rings is 1. The number of aromatic nitrogens is 2. The Hall–Kier alpha value is -1.69. The molecule has 3 rings (SSSR count). The van der Waals surface area contributed by atoms with Crippen LogP contribution in [0.1, 0.15) is 38.0 Å². The van der Waals surface area contributed by atoms with Crippen molar-refractivity contribution >= 4 is 11.8 Å². The normalized spacial score (nSPS) is 15.5. The highest BCUT2D eigenvalue weighted by Gasteiger charge is 2.15. The zero-order chi connectivity index (χ0) is 15.9. The van der Waals surface area contributed by atoms with Crippen molar-refractivity contribution in [3.63, 3.8) is 0 Å². The number of rotatable bonds is 7. The Morgan fingerprint density at radius 3 is 2.57 bits per heavy atom. The monoisotopic (exact) mass is 334 g/mol. The van der Waals surface area contributed by atoms with Crippen molar-refractivity contribution in [1.82, 2.24) is 10.2 Å². The van der Waals surface area contributed by atoms with Crippen LogP contribution in [0.5, 0.6) is 11.5 Å². The number of thioether (sulfide) groups is 1. The lowest BCUT2D eigenvalue weighted by molar-refractivity contribution is 0.251. The lowest BCUT2D eigenvalue weighted by Gasteiger charge is -2.19. The standard InChI is InChI=1S/C17H22N2O3S/c1-20-14-7-9-15(10-8-14)21-11-16-18-19-17(22-16)23-12-13-5-3-2-4-6-13/h7-10,13H,2-6,11-12H2,1H3. The predicted octanol–water partition coefficient (Wildman–Crippen LogP) is 4.33. The Labute approximate surface area is 140 Å². The van der Waals surface area contributed by atoms with Crippen LogP contribution in [-0.2, 0) is 6.61 Å². The summed E-state index contributed by atoms with van der Waals surface area (Å²) in [6.45, 7) is 0.281. The molecule has 5 nitrogen and oxygen atoms in total. The molecule has 1 aliphatic carbocycles. The molecule has 23 heavy (non-hydrogen) atoms. The molecule has 0 spiro atoms. The number of methoxy groups -OCH3 is 1. The zero-order valence-corrected chi connectivity index (χ0v) is 14.2. The third-order valence-corrected chi connectivity index (χ3v) is 5.09. The van der Waals surface area contributed by atoms with E-state index in [1.807, 2.05) is 24.3 Å². The topological polar surface area (TPSA) is 57.4 Å². The van der Waals surface area contributed by atoms with Crippen LogP contribution in [0.2, 0.25) is 0 Å². The highest BCUT2D eigenvalue weighted by atomic mass is 32.2. The fourth-order valence-corrected chi connectivity index (χ4v) is 3.68. The van der Waals surface area contributed by atoms with Crippen LogP contribution < -0.4 is 9.47 Å². The minimum absolute atomic E-state index is 0.281. The molecule has 1 heterocycles. The van der Waals surface area contributed by atoms with E-state index in [1.54, 1.807) is 18.9 Å². The van der Waals surface area contributed by atoms with Crippen LogP contribution in [0.4, 0.5) is 0 Å². The second-order valence-electron chi connectivity index (χ2n) is 5.74. The second-order valence-corrected chi connectivity index (χ2v) is 6.71. The number of ether oxygens (including phenoxy) is 2. The molecular formula is C17H22N2O3S. The summed E-state index contributed by atoms with van der Waals surface area (Å²) in [6.07, 6.45) is 6.75. The van der Waals surface area contributed by atoms with Gasteiger partial charge in [-0.2, -0.15) is 0 Å². The molecule has 0 N–H and O–H groups in total. The highest BCUT2D eigenvalue weighted by Crippen LogP contribution is 2.29. The zero-order valence-electron chi connectivity index (χ0n) is 13.4. The minimum atomic E-state index is 0.281. The molecule has 1 fully saturated rings. The maximum Gasteiger partial charge on any atom is 0.276 e. The quantitative estimate of drug-likeness (QED) is 0.703. The molecule has 6 heteroatoms. The van der Waals surface area contributed by atoms with Gasteiger partial charge in [0.1, 0.15) is 11.5 Å². The van der Waals surface area contributed by atoms with Crippen molar-refractivity contribution in [3.05, 3.63) is 30.2 Å². The molecule has 0 atom stereocenters. The largest absolute Gasteiger partial charge is 0.497 e. The first-order valence-electron chi connectivity index (χ1n) is 8.05. The molecule has 0 unspecified atom stereocenters. The predicted molar refractivity (Wildman–Crippen MR) is 88.9 cm³/mol. The van der Waals surface area contributed by atoms with E-state index in [9.17, 15) is 0 Å². The molecule has 1 aromatic carbocycles. The van der Waals surface area contributed by atoms with E-state index in [2.05, 4.69) is 10.2 Å². The van der Waals surface area contributed by atoms with Crippen LogP contribution in [0.3, 0.4) is 0 Å². The van der Waals surface area contributed by atoms with Crippen molar-refractivity contribution in [1.29, 1.82) is 0 Å². The molecule has 2 aromatic rings. The van der Waals surface area contributed by atoms with Gasteiger partial charge in [-0.15, -0.1) is 10.2 Å². The van der Waals surface area contributed by atoms with Gasteiger partial charge in [0.15, 0.2) is 6.61 Å². The van der Waals surface area contributed by atoms with Gasteiger partial charge in [0.25, 0.3) is 11.1 Å². The molecule has 0 amide bonds. The van der Waals surface area contributed by atoms with Gasteiger partial charge >= 0.3 is 0 Å². The maximum absolute atomic E-state index is 5.64. The molecule has 0 radical (unpaired) electrons. The molecule has 124 valence electrons.